The van der Waals surface area contributed by atoms with Crippen molar-refractivity contribution >= 4 is 33.9 Å². The van der Waals surface area contributed by atoms with Crippen molar-refractivity contribution in [2.75, 3.05) is 0 Å². The van der Waals surface area contributed by atoms with Crippen molar-refractivity contribution in [3.63, 3.8) is 0 Å². The van der Waals surface area contributed by atoms with Gasteiger partial charge in [-0.1, -0.05) is 29.0 Å². The predicted molar refractivity (Wildman–Crippen MR) is 72.3 cm³/mol. The number of halogens is 1. The summed E-state index contributed by atoms with van der Waals surface area (Å²) in [5, 5.41) is 9.27. The van der Waals surface area contributed by atoms with Gasteiger partial charge < -0.3 is 0 Å². The van der Waals surface area contributed by atoms with E-state index in [0.29, 0.717) is 0 Å². The van der Waals surface area contributed by atoms with Crippen LogP contribution in [0.15, 0.2) is 12.1 Å². The van der Waals surface area contributed by atoms with Crippen LogP contribution in [0.5, 0.6) is 0 Å². The van der Waals surface area contributed by atoms with E-state index in [1.165, 1.54) is 22.3 Å². The molecule has 0 N–H and O–H groups in total. The van der Waals surface area contributed by atoms with Crippen molar-refractivity contribution in [3.8, 4) is 10.6 Å². The molecule has 0 aliphatic heterocycles. The highest BCUT2D eigenvalue weighted by molar-refractivity contribution is 14.1. The maximum absolute atomic E-state index is 4.20. The Bertz CT molecular complexity index is 482. The third kappa shape index (κ3) is 2.20. The first kappa shape index (κ1) is 11.0. The molecule has 0 radical (unpaired) electrons. The van der Waals surface area contributed by atoms with Gasteiger partial charge >= 0.3 is 0 Å². The first-order chi connectivity index (χ1) is 7.08. The molecule has 2 aromatic rings. The minimum Gasteiger partial charge on any atom is -0.137 e. The third-order valence-corrected chi connectivity index (χ3v) is 3.90. The van der Waals surface area contributed by atoms with Gasteiger partial charge in [-0.2, -0.15) is 0 Å². The lowest BCUT2D eigenvalue weighted by Gasteiger charge is -2.07. The quantitative estimate of drug-likeness (QED) is 0.745. The summed E-state index contributed by atoms with van der Waals surface area (Å²) in [6.07, 6.45) is 0. The smallest absolute Gasteiger partial charge is 0.137 e. The fraction of sp³-hybridized carbons (Fsp3) is 0.273. The lowest BCUT2D eigenvalue weighted by Crippen LogP contribution is -1.89. The molecular weight excluding hydrogens is 319 g/mol. The molecule has 0 aliphatic carbocycles. The standard InChI is InChI=1S/C11H11IN2S/c1-6-4-7(2)9(8(3)5-6)10-13-14-11(12)15-10/h4-5H,1-3H3. The Kier molecular flexibility index (Phi) is 3.06. The Morgan fingerprint density at radius 3 is 2.13 bits per heavy atom. The highest BCUT2D eigenvalue weighted by Crippen LogP contribution is 2.30. The molecule has 0 bridgehead atoms. The van der Waals surface area contributed by atoms with Gasteiger partial charge in [-0.3, -0.25) is 0 Å². The topological polar surface area (TPSA) is 25.8 Å². The van der Waals surface area contributed by atoms with Gasteiger partial charge in [-0.15, -0.1) is 10.2 Å². The Balaban J connectivity index is 2.62. The number of benzene rings is 1. The van der Waals surface area contributed by atoms with Crippen molar-refractivity contribution < 1.29 is 0 Å². The number of nitrogens with zero attached hydrogens (tertiary/aromatic N) is 2. The lowest BCUT2D eigenvalue weighted by atomic mass is 10.0. The SMILES string of the molecule is Cc1cc(C)c(-c2nnc(I)s2)c(C)c1. The first-order valence-corrected chi connectivity index (χ1v) is 6.54. The molecule has 1 aromatic carbocycles. The van der Waals surface area contributed by atoms with Crippen LogP contribution in [0, 0.1) is 23.8 Å². The molecule has 1 aromatic heterocycles. The van der Waals surface area contributed by atoms with Crippen LogP contribution >= 0.6 is 33.9 Å². The molecule has 15 heavy (non-hydrogen) atoms. The third-order valence-electron chi connectivity index (χ3n) is 2.29. The highest BCUT2D eigenvalue weighted by Gasteiger charge is 2.10. The fourth-order valence-electron chi connectivity index (χ4n) is 1.82. The molecule has 0 saturated heterocycles. The Hall–Kier alpha value is -0.490. The molecule has 0 fully saturated rings. The van der Waals surface area contributed by atoms with E-state index in [9.17, 15) is 0 Å². The van der Waals surface area contributed by atoms with Crippen LogP contribution in [0.3, 0.4) is 0 Å². The molecule has 0 saturated carbocycles. The van der Waals surface area contributed by atoms with Crippen LogP contribution in [0.4, 0.5) is 0 Å². The maximum Gasteiger partial charge on any atom is 0.178 e. The molecule has 0 spiro atoms. The number of rotatable bonds is 1. The predicted octanol–water partition coefficient (Wildman–Crippen LogP) is 3.73. The van der Waals surface area contributed by atoms with E-state index in [1.807, 2.05) is 0 Å². The number of aryl methyl sites for hydroxylation is 3. The van der Waals surface area contributed by atoms with Gasteiger partial charge in [0.15, 0.2) is 3.01 Å². The molecule has 0 unspecified atom stereocenters. The summed E-state index contributed by atoms with van der Waals surface area (Å²) >= 11 is 3.84. The summed E-state index contributed by atoms with van der Waals surface area (Å²) in [7, 11) is 0. The summed E-state index contributed by atoms with van der Waals surface area (Å²) in [6, 6.07) is 4.38. The van der Waals surface area contributed by atoms with Gasteiger partial charge in [0, 0.05) is 5.56 Å². The van der Waals surface area contributed by atoms with E-state index in [2.05, 4.69) is 65.7 Å². The molecule has 2 nitrogen and oxygen atoms in total. The molecule has 2 rings (SSSR count). The summed E-state index contributed by atoms with van der Waals surface area (Å²) in [5.41, 5.74) is 5.09. The van der Waals surface area contributed by atoms with E-state index in [4.69, 9.17) is 0 Å². The summed E-state index contributed by atoms with van der Waals surface area (Å²) in [6.45, 7) is 6.38. The fourth-order valence-corrected chi connectivity index (χ4v) is 3.30. The molecule has 0 aliphatic rings. The highest BCUT2D eigenvalue weighted by atomic mass is 127. The van der Waals surface area contributed by atoms with E-state index < -0.39 is 0 Å². The average molecular weight is 330 g/mol. The Morgan fingerprint density at radius 1 is 1.07 bits per heavy atom. The minimum absolute atomic E-state index is 0.988. The minimum atomic E-state index is 0.988. The van der Waals surface area contributed by atoms with E-state index in [0.717, 1.165) is 8.02 Å². The average Bonchev–Trinajstić information content (AvgIpc) is 2.49. The Morgan fingerprint density at radius 2 is 1.67 bits per heavy atom. The van der Waals surface area contributed by atoms with Crippen molar-refractivity contribution in [2.24, 2.45) is 0 Å². The number of hydrogen-bond acceptors (Lipinski definition) is 3. The van der Waals surface area contributed by atoms with E-state index in [-0.39, 0.29) is 0 Å². The maximum atomic E-state index is 4.20. The van der Waals surface area contributed by atoms with E-state index in [1.54, 1.807) is 11.3 Å². The van der Waals surface area contributed by atoms with Gasteiger partial charge in [0.25, 0.3) is 0 Å². The van der Waals surface area contributed by atoms with Crippen LogP contribution < -0.4 is 0 Å². The van der Waals surface area contributed by atoms with Gasteiger partial charge in [-0.25, -0.2) is 0 Å². The van der Waals surface area contributed by atoms with Gasteiger partial charge in [0.2, 0.25) is 0 Å². The molecule has 0 atom stereocenters. The molecule has 4 heteroatoms. The second-order valence-electron chi connectivity index (χ2n) is 3.63. The normalized spacial score (nSPS) is 10.7. The second-order valence-corrected chi connectivity index (χ2v) is 6.37. The van der Waals surface area contributed by atoms with Crippen LogP contribution in [-0.4, -0.2) is 10.2 Å². The van der Waals surface area contributed by atoms with Gasteiger partial charge in [0.05, 0.1) is 0 Å². The van der Waals surface area contributed by atoms with Crippen LogP contribution in [0.25, 0.3) is 10.6 Å². The van der Waals surface area contributed by atoms with Gasteiger partial charge in [0.1, 0.15) is 5.01 Å². The van der Waals surface area contributed by atoms with Gasteiger partial charge in [-0.05, 0) is 54.5 Å². The first-order valence-electron chi connectivity index (χ1n) is 4.65. The number of aromatic nitrogens is 2. The summed E-state index contributed by atoms with van der Waals surface area (Å²) < 4.78 is 0.988. The molecule has 0 amide bonds. The zero-order valence-electron chi connectivity index (χ0n) is 8.84. The van der Waals surface area contributed by atoms with Crippen LogP contribution in [0.2, 0.25) is 0 Å². The molecular formula is C11H11IN2S. The number of hydrogen-bond donors (Lipinski definition) is 0. The van der Waals surface area contributed by atoms with Crippen molar-refractivity contribution in [2.45, 2.75) is 20.8 Å². The lowest BCUT2D eigenvalue weighted by molar-refractivity contribution is 1.07. The summed E-state index contributed by atoms with van der Waals surface area (Å²) in [4.78, 5) is 0. The monoisotopic (exact) mass is 330 g/mol. The van der Waals surface area contributed by atoms with Crippen molar-refractivity contribution in [1.82, 2.24) is 10.2 Å². The second kappa shape index (κ2) is 4.17. The Labute approximate surface area is 107 Å². The van der Waals surface area contributed by atoms with Crippen LogP contribution in [0.1, 0.15) is 16.7 Å². The summed E-state index contributed by atoms with van der Waals surface area (Å²) in [5.74, 6) is 0. The largest absolute Gasteiger partial charge is 0.178 e. The van der Waals surface area contributed by atoms with Crippen LogP contribution in [-0.2, 0) is 0 Å². The molecule has 78 valence electrons. The zero-order valence-corrected chi connectivity index (χ0v) is 11.8. The van der Waals surface area contributed by atoms with Crippen molar-refractivity contribution in [3.05, 3.63) is 31.8 Å². The molecule has 1 heterocycles. The van der Waals surface area contributed by atoms with E-state index >= 15 is 0 Å². The van der Waals surface area contributed by atoms with Crippen molar-refractivity contribution in [1.29, 1.82) is 0 Å². The zero-order chi connectivity index (χ0) is 11.0.